The molecule has 0 saturated heterocycles. The summed E-state index contributed by atoms with van der Waals surface area (Å²) in [4.78, 5) is 16.0. The van der Waals surface area contributed by atoms with Crippen LogP contribution >= 0.6 is 0 Å². The number of rotatable bonds is 9. The van der Waals surface area contributed by atoms with E-state index in [1.807, 2.05) is 79.7 Å². The van der Waals surface area contributed by atoms with Gasteiger partial charge >= 0.3 is 5.97 Å². The highest BCUT2D eigenvalue weighted by Gasteiger charge is 2.29. The molecule has 0 aliphatic rings. The van der Waals surface area contributed by atoms with Gasteiger partial charge in [0.15, 0.2) is 5.60 Å². The van der Waals surface area contributed by atoms with Crippen LogP contribution in [0.1, 0.15) is 25.3 Å². The predicted molar refractivity (Wildman–Crippen MR) is 130 cm³/mol. The van der Waals surface area contributed by atoms with E-state index in [1.54, 1.807) is 6.07 Å². The van der Waals surface area contributed by atoms with Crippen LogP contribution in [0.3, 0.4) is 0 Å². The van der Waals surface area contributed by atoms with E-state index in [4.69, 9.17) is 13.9 Å². The van der Waals surface area contributed by atoms with Gasteiger partial charge in [-0.1, -0.05) is 42.5 Å². The quantitative estimate of drug-likeness (QED) is 0.323. The first-order valence-electron chi connectivity index (χ1n) is 11.1. The van der Waals surface area contributed by atoms with Crippen molar-refractivity contribution in [2.24, 2.45) is 0 Å². The van der Waals surface area contributed by atoms with Crippen molar-refractivity contribution < 1.29 is 23.8 Å². The molecule has 0 unspecified atom stereocenters. The van der Waals surface area contributed by atoms with Crippen molar-refractivity contribution in [3.8, 4) is 34.1 Å². The zero-order valence-corrected chi connectivity index (χ0v) is 19.4. The molecule has 0 radical (unpaired) electrons. The molecule has 1 aromatic heterocycles. The summed E-state index contributed by atoms with van der Waals surface area (Å²) in [6.07, 6.45) is 0.625. The van der Waals surface area contributed by atoms with Gasteiger partial charge in [0.05, 0.1) is 12.3 Å². The van der Waals surface area contributed by atoms with Crippen LogP contribution in [-0.4, -0.2) is 28.3 Å². The Morgan fingerprint density at radius 3 is 2.21 bits per heavy atom. The Bertz CT molecular complexity index is 1280. The number of aliphatic carboxylic acids is 1. The highest BCUT2D eigenvalue weighted by atomic mass is 16.5. The molecule has 1 heterocycles. The number of benzene rings is 3. The van der Waals surface area contributed by atoms with Crippen LogP contribution in [-0.2, 0) is 11.2 Å². The fourth-order valence-electron chi connectivity index (χ4n) is 3.47. The lowest BCUT2D eigenvalue weighted by atomic mass is 10.0. The summed E-state index contributed by atoms with van der Waals surface area (Å²) in [6.45, 7) is 5.42. The highest BCUT2D eigenvalue weighted by Crippen LogP contribution is 2.29. The standard InChI is InChI=1S/C28H27NO5/c1-19-25(29-26(33-19)20-9-5-4-6-10-20)15-16-32-23-13-7-11-21(17-23)22-12-8-14-24(18-22)34-28(2,3)27(30)31/h4-14,17-18H,15-16H2,1-3H3,(H,30,31). The number of ether oxygens (including phenoxy) is 2. The normalized spacial score (nSPS) is 11.3. The lowest BCUT2D eigenvalue weighted by Gasteiger charge is -2.21. The van der Waals surface area contributed by atoms with Crippen molar-refractivity contribution in [2.45, 2.75) is 32.8 Å². The highest BCUT2D eigenvalue weighted by molar-refractivity contribution is 5.77. The lowest BCUT2D eigenvalue weighted by molar-refractivity contribution is -0.152. The second kappa shape index (κ2) is 9.83. The number of carboxylic acid groups (broad SMARTS) is 1. The first kappa shape index (κ1) is 23.1. The van der Waals surface area contributed by atoms with Gasteiger partial charge in [0, 0.05) is 12.0 Å². The van der Waals surface area contributed by atoms with E-state index < -0.39 is 11.6 Å². The van der Waals surface area contributed by atoms with Gasteiger partial charge in [0.2, 0.25) is 5.89 Å². The Balaban J connectivity index is 1.42. The number of aryl methyl sites for hydroxylation is 1. The third-order valence-electron chi connectivity index (χ3n) is 5.41. The first-order chi connectivity index (χ1) is 16.3. The van der Waals surface area contributed by atoms with Gasteiger partial charge < -0.3 is 19.0 Å². The van der Waals surface area contributed by atoms with Crippen LogP contribution in [0.4, 0.5) is 0 Å². The molecule has 34 heavy (non-hydrogen) atoms. The Morgan fingerprint density at radius 2 is 1.53 bits per heavy atom. The van der Waals surface area contributed by atoms with Crippen LogP contribution in [0.15, 0.2) is 83.3 Å². The summed E-state index contributed by atoms with van der Waals surface area (Å²) in [6, 6.07) is 24.9. The molecule has 0 aliphatic carbocycles. The molecule has 0 spiro atoms. The topological polar surface area (TPSA) is 81.8 Å². The molecular formula is C28H27NO5. The van der Waals surface area contributed by atoms with Gasteiger partial charge in [0.25, 0.3) is 0 Å². The zero-order chi connectivity index (χ0) is 24.1. The molecule has 0 saturated carbocycles. The van der Waals surface area contributed by atoms with Crippen LogP contribution in [0, 0.1) is 6.92 Å². The Labute approximate surface area is 198 Å². The van der Waals surface area contributed by atoms with Crippen LogP contribution in [0.25, 0.3) is 22.6 Å². The zero-order valence-electron chi connectivity index (χ0n) is 19.4. The third-order valence-corrected chi connectivity index (χ3v) is 5.41. The van der Waals surface area contributed by atoms with Gasteiger partial charge in [0.1, 0.15) is 17.3 Å². The Morgan fingerprint density at radius 1 is 0.912 bits per heavy atom. The summed E-state index contributed by atoms with van der Waals surface area (Å²) in [5.41, 5.74) is 2.36. The van der Waals surface area contributed by atoms with E-state index in [-0.39, 0.29) is 0 Å². The van der Waals surface area contributed by atoms with Gasteiger partial charge in [-0.25, -0.2) is 9.78 Å². The van der Waals surface area contributed by atoms with Gasteiger partial charge in [-0.2, -0.15) is 0 Å². The summed E-state index contributed by atoms with van der Waals surface area (Å²) < 4.78 is 17.5. The van der Waals surface area contributed by atoms with Gasteiger partial charge in [-0.3, -0.25) is 0 Å². The van der Waals surface area contributed by atoms with E-state index in [9.17, 15) is 9.90 Å². The smallest absolute Gasteiger partial charge is 0.347 e. The summed E-state index contributed by atoms with van der Waals surface area (Å²) in [7, 11) is 0. The number of carbonyl (C=O) groups is 1. The third kappa shape index (κ3) is 5.46. The average Bonchev–Trinajstić information content (AvgIpc) is 3.20. The van der Waals surface area contributed by atoms with E-state index in [1.165, 1.54) is 13.8 Å². The molecule has 6 nitrogen and oxygen atoms in total. The summed E-state index contributed by atoms with van der Waals surface area (Å²) in [5.74, 6) is 1.61. The minimum atomic E-state index is -1.32. The van der Waals surface area contributed by atoms with Crippen molar-refractivity contribution in [3.05, 3.63) is 90.3 Å². The van der Waals surface area contributed by atoms with Crippen molar-refractivity contribution >= 4 is 5.97 Å². The minimum Gasteiger partial charge on any atom is -0.493 e. The Hall–Kier alpha value is -4.06. The maximum absolute atomic E-state index is 11.4. The number of carboxylic acids is 1. The van der Waals surface area contributed by atoms with Crippen molar-refractivity contribution in [2.75, 3.05) is 6.61 Å². The lowest BCUT2D eigenvalue weighted by Crippen LogP contribution is -2.37. The number of hydrogen-bond acceptors (Lipinski definition) is 5. The first-order valence-corrected chi connectivity index (χ1v) is 11.1. The number of aromatic nitrogens is 1. The molecule has 0 bridgehead atoms. The summed E-state index contributed by atoms with van der Waals surface area (Å²) >= 11 is 0. The summed E-state index contributed by atoms with van der Waals surface area (Å²) in [5, 5.41) is 9.31. The van der Waals surface area contributed by atoms with E-state index in [0.29, 0.717) is 24.7 Å². The SMILES string of the molecule is Cc1oc(-c2ccccc2)nc1CCOc1cccc(-c2cccc(OC(C)(C)C(=O)O)c2)c1. The number of nitrogens with zero attached hydrogens (tertiary/aromatic N) is 1. The Kier molecular flexibility index (Phi) is 6.68. The second-order valence-electron chi connectivity index (χ2n) is 8.46. The van der Waals surface area contributed by atoms with Gasteiger partial charge in [-0.05, 0) is 68.3 Å². The monoisotopic (exact) mass is 457 g/mol. The number of hydrogen-bond donors (Lipinski definition) is 1. The molecule has 4 aromatic rings. The molecule has 0 aliphatic heterocycles. The molecule has 1 N–H and O–H groups in total. The van der Waals surface area contributed by atoms with Gasteiger partial charge in [-0.15, -0.1) is 0 Å². The molecule has 6 heteroatoms. The van der Waals surface area contributed by atoms with E-state index >= 15 is 0 Å². The molecule has 3 aromatic carbocycles. The predicted octanol–water partition coefficient (Wildman–Crippen LogP) is 6.18. The fraction of sp³-hybridized carbons (Fsp3) is 0.214. The van der Waals surface area contributed by atoms with Crippen molar-refractivity contribution in [1.29, 1.82) is 0 Å². The second-order valence-corrected chi connectivity index (χ2v) is 8.46. The molecule has 4 rings (SSSR count). The van der Waals surface area contributed by atoms with Crippen molar-refractivity contribution in [3.63, 3.8) is 0 Å². The fourth-order valence-corrected chi connectivity index (χ4v) is 3.47. The molecule has 0 fully saturated rings. The maximum Gasteiger partial charge on any atom is 0.347 e. The maximum atomic E-state index is 11.4. The molecule has 0 amide bonds. The largest absolute Gasteiger partial charge is 0.493 e. The molecular weight excluding hydrogens is 430 g/mol. The van der Waals surface area contributed by atoms with E-state index in [0.717, 1.165) is 33.9 Å². The van der Waals surface area contributed by atoms with Crippen LogP contribution < -0.4 is 9.47 Å². The van der Waals surface area contributed by atoms with Crippen LogP contribution in [0.2, 0.25) is 0 Å². The molecule has 0 atom stereocenters. The molecule has 174 valence electrons. The minimum absolute atomic E-state index is 0.459. The number of oxazole rings is 1. The average molecular weight is 458 g/mol. The van der Waals surface area contributed by atoms with Crippen molar-refractivity contribution in [1.82, 2.24) is 4.98 Å². The van der Waals surface area contributed by atoms with E-state index in [2.05, 4.69) is 4.98 Å². The van der Waals surface area contributed by atoms with Crippen LogP contribution in [0.5, 0.6) is 11.5 Å².